The Morgan fingerprint density at radius 3 is 2.69 bits per heavy atom. The standard InChI is InChI=1S/C13H18ClNO/c1-10-8-15(7-6-13(10)14)9-11-2-4-12(16)5-3-11/h2-5,10,13,16H,6-9H2,1H3. The topological polar surface area (TPSA) is 23.5 Å². The predicted octanol–water partition coefficient (Wildman–Crippen LogP) is 2.84. The maximum absolute atomic E-state index is 9.21. The molecule has 1 N–H and O–H groups in total. The van der Waals surface area contributed by atoms with E-state index in [2.05, 4.69) is 11.8 Å². The summed E-state index contributed by atoms with van der Waals surface area (Å²) in [6.07, 6.45) is 1.07. The molecule has 0 saturated carbocycles. The predicted molar refractivity (Wildman–Crippen MR) is 66.8 cm³/mol. The van der Waals surface area contributed by atoms with Crippen LogP contribution in [0.5, 0.6) is 5.75 Å². The third-order valence-corrected chi connectivity index (χ3v) is 3.88. The van der Waals surface area contributed by atoms with Gasteiger partial charge in [0.1, 0.15) is 5.75 Å². The fourth-order valence-corrected chi connectivity index (χ4v) is 2.38. The molecule has 3 heteroatoms. The van der Waals surface area contributed by atoms with Crippen molar-refractivity contribution in [3.8, 4) is 5.75 Å². The number of phenolic OH excluding ortho intramolecular Hbond substituents is 1. The summed E-state index contributed by atoms with van der Waals surface area (Å²) in [5, 5.41) is 9.54. The molecule has 0 bridgehead atoms. The summed E-state index contributed by atoms with van der Waals surface area (Å²) in [5.41, 5.74) is 1.25. The second-order valence-electron chi connectivity index (χ2n) is 4.68. The van der Waals surface area contributed by atoms with E-state index in [9.17, 15) is 5.11 Å². The summed E-state index contributed by atoms with van der Waals surface area (Å²) in [7, 11) is 0. The molecule has 1 aliphatic rings. The van der Waals surface area contributed by atoms with Crippen LogP contribution in [0.3, 0.4) is 0 Å². The highest BCUT2D eigenvalue weighted by atomic mass is 35.5. The lowest BCUT2D eigenvalue weighted by atomic mass is 9.99. The van der Waals surface area contributed by atoms with E-state index in [-0.39, 0.29) is 0 Å². The zero-order valence-electron chi connectivity index (χ0n) is 9.56. The first-order chi connectivity index (χ1) is 7.65. The van der Waals surface area contributed by atoms with E-state index in [0.29, 0.717) is 17.0 Å². The lowest BCUT2D eigenvalue weighted by Gasteiger charge is -2.34. The van der Waals surface area contributed by atoms with Gasteiger partial charge >= 0.3 is 0 Å². The molecular weight excluding hydrogens is 222 g/mol. The fraction of sp³-hybridized carbons (Fsp3) is 0.538. The number of likely N-dealkylation sites (tertiary alicyclic amines) is 1. The van der Waals surface area contributed by atoms with Crippen molar-refractivity contribution in [2.45, 2.75) is 25.3 Å². The van der Waals surface area contributed by atoms with Crippen molar-refractivity contribution in [2.75, 3.05) is 13.1 Å². The van der Waals surface area contributed by atoms with Gasteiger partial charge in [-0.2, -0.15) is 0 Å². The van der Waals surface area contributed by atoms with E-state index in [1.165, 1.54) is 5.56 Å². The maximum atomic E-state index is 9.21. The minimum atomic E-state index is 0.330. The van der Waals surface area contributed by atoms with Gasteiger partial charge in [0.2, 0.25) is 0 Å². The van der Waals surface area contributed by atoms with Gasteiger partial charge in [-0.05, 0) is 36.6 Å². The Labute approximate surface area is 102 Å². The van der Waals surface area contributed by atoms with Crippen molar-refractivity contribution >= 4 is 11.6 Å². The van der Waals surface area contributed by atoms with Crippen LogP contribution in [0.2, 0.25) is 0 Å². The summed E-state index contributed by atoms with van der Waals surface area (Å²) in [4.78, 5) is 2.43. The summed E-state index contributed by atoms with van der Waals surface area (Å²) >= 11 is 6.20. The van der Waals surface area contributed by atoms with Crippen LogP contribution < -0.4 is 0 Å². The van der Waals surface area contributed by atoms with Crippen molar-refractivity contribution in [2.24, 2.45) is 5.92 Å². The Kier molecular flexibility index (Phi) is 3.72. The minimum absolute atomic E-state index is 0.330. The van der Waals surface area contributed by atoms with Crippen LogP contribution in [-0.2, 0) is 6.54 Å². The summed E-state index contributed by atoms with van der Waals surface area (Å²) in [5.74, 6) is 0.893. The summed E-state index contributed by atoms with van der Waals surface area (Å²) in [6.45, 7) is 5.29. The largest absolute Gasteiger partial charge is 0.508 e. The quantitative estimate of drug-likeness (QED) is 0.803. The van der Waals surface area contributed by atoms with Crippen LogP contribution in [0.25, 0.3) is 0 Å². The number of aromatic hydroxyl groups is 1. The highest BCUT2D eigenvalue weighted by molar-refractivity contribution is 6.20. The molecule has 2 nitrogen and oxygen atoms in total. The van der Waals surface area contributed by atoms with Crippen LogP contribution in [0, 0.1) is 5.92 Å². The first-order valence-corrected chi connectivity index (χ1v) is 6.23. The number of nitrogens with zero attached hydrogens (tertiary/aromatic N) is 1. The van der Waals surface area contributed by atoms with E-state index < -0.39 is 0 Å². The van der Waals surface area contributed by atoms with E-state index >= 15 is 0 Å². The smallest absolute Gasteiger partial charge is 0.115 e. The molecule has 0 spiro atoms. The zero-order valence-corrected chi connectivity index (χ0v) is 10.3. The van der Waals surface area contributed by atoms with Crippen molar-refractivity contribution in [1.82, 2.24) is 4.90 Å². The molecule has 1 aromatic rings. The monoisotopic (exact) mass is 239 g/mol. The molecule has 1 saturated heterocycles. The van der Waals surface area contributed by atoms with Gasteiger partial charge in [0.25, 0.3) is 0 Å². The van der Waals surface area contributed by atoms with E-state index in [0.717, 1.165) is 26.1 Å². The first-order valence-electron chi connectivity index (χ1n) is 5.79. The number of phenols is 1. The van der Waals surface area contributed by atoms with Crippen LogP contribution in [0.15, 0.2) is 24.3 Å². The first kappa shape index (κ1) is 11.7. The average molecular weight is 240 g/mol. The molecule has 1 fully saturated rings. The number of halogens is 1. The molecule has 2 unspecified atom stereocenters. The van der Waals surface area contributed by atoms with Gasteiger partial charge in [0.05, 0.1) is 0 Å². The lowest BCUT2D eigenvalue weighted by molar-refractivity contribution is 0.180. The molecule has 1 aromatic carbocycles. The van der Waals surface area contributed by atoms with Crippen LogP contribution in [0.1, 0.15) is 18.9 Å². The van der Waals surface area contributed by atoms with Crippen LogP contribution in [0.4, 0.5) is 0 Å². The zero-order chi connectivity index (χ0) is 11.5. The molecule has 2 atom stereocenters. The Morgan fingerprint density at radius 1 is 1.38 bits per heavy atom. The van der Waals surface area contributed by atoms with Crippen molar-refractivity contribution in [3.05, 3.63) is 29.8 Å². The van der Waals surface area contributed by atoms with Gasteiger partial charge in [0, 0.05) is 18.5 Å². The van der Waals surface area contributed by atoms with E-state index in [1.54, 1.807) is 12.1 Å². The number of hydrogen-bond donors (Lipinski definition) is 1. The fourth-order valence-electron chi connectivity index (χ4n) is 2.21. The van der Waals surface area contributed by atoms with Gasteiger partial charge in [-0.1, -0.05) is 19.1 Å². The minimum Gasteiger partial charge on any atom is -0.508 e. The molecular formula is C13H18ClNO. The molecule has 0 radical (unpaired) electrons. The summed E-state index contributed by atoms with van der Waals surface area (Å²) < 4.78 is 0. The average Bonchev–Trinajstić information content (AvgIpc) is 2.27. The number of rotatable bonds is 2. The van der Waals surface area contributed by atoms with Gasteiger partial charge in [0.15, 0.2) is 0 Å². The normalized spacial score (nSPS) is 26.9. The SMILES string of the molecule is CC1CN(Cc2ccc(O)cc2)CCC1Cl. The number of piperidine rings is 1. The molecule has 0 aromatic heterocycles. The Morgan fingerprint density at radius 2 is 2.06 bits per heavy atom. The molecule has 88 valence electrons. The van der Waals surface area contributed by atoms with E-state index in [4.69, 9.17) is 11.6 Å². The third-order valence-electron chi connectivity index (χ3n) is 3.23. The molecule has 0 amide bonds. The molecule has 1 heterocycles. The second kappa shape index (κ2) is 5.07. The van der Waals surface area contributed by atoms with Gasteiger partial charge in [-0.15, -0.1) is 11.6 Å². The number of alkyl halides is 1. The van der Waals surface area contributed by atoms with Crippen molar-refractivity contribution in [1.29, 1.82) is 0 Å². The highest BCUT2D eigenvalue weighted by Gasteiger charge is 2.23. The van der Waals surface area contributed by atoms with E-state index in [1.807, 2.05) is 12.1 Å². The Bertz CT molecular complexity index is 338. The molecule has 0 aliphatic carbocycles. The number of hydrogen-bond acceptors (Lipinski definition) is 2. The van der Waals surface area contributed by atoms with Gasteiger partial charge in [-0.3, -0.25) is 4.90 Å². The second-order valence-corrected chi connectivity index (χ2v) is 5.24. The highest BCUT2D eigenvalue weighted by Crippen LogP contribution is 2.23. The molecule has 16 heavy (non-hydrogen) atoms. The van der Waals surface area contributed by atoms with Gasteiger partial charge in [-0.25, -0.2) is 0 Å². The molecule has 2 rings (SSSR count). The number of benzene rings is 1. The van der Waals surface area contributed by atoms with Crippen LogP contribution >= 0.6 is 11.6 Å². The Hall–Kier alpha value is -0.730. The van der Waals surface area contributed by atoms with Crippen molar-refractivity contribution < 1.29 is 5.11 Å². The summed E-state index contributed by atoms with van der Waals surface area (Å²) in [6, 6.07) is 7.44. The Balaban J connectivity index is 1.93. The van der Waals surface area contributed by atoms with Gasteiger partial charge < -0.3 is 5.11 Å². The maximum Gasteiger partial charge on any atom is 0.115 e. The lowest BCUT2D eigenvalue weighted by Crippen LogP contribution is -2.39. The van der Waals surface area contributed by atoms with Crippen molar-refractivity contribution in [3.63, 3.8) is 0 Å². The molecule has 1 aliphatic heterocycles. The van der Waals surface area contributed by atoms with Crippen LogP contribution in [-0.4, -0.2) is 28.5 Å². The third kappa shape index (κ3) is 2.89.